The van der Waals surface area contributed by atoms with E-state index in [0.29, 0.717) is 16.9 Å². The van der Waals surface area contributed by atoms with E-state index >= 15 is 0 Å². The summed E-state index contributed by atoms with van der Waals surface area (Å²) in [6, 6.07) is 10.5. The molecular formula is C16H13F3O. The van der Waals surface area contributed by atoms with Crippen molar-refractivity contribution in [3.8, 4) is 16.9 Å². The third-order valence-electron chi connectivity index (χ3n) is 2.99. The highest BCUT2D eigenvalue weighted by molar-refractivity contribution is 5.71. The van der Waals surface area contributed by atoms with Gasteiger partial charge in [0.15, 0.2) is 0 Å². The first-order chi connectivity index (χ1) is 9.45. The van der Waals surface area contributed by atoms with Gasteiger partial charge in [-0.25, -0.2) is 0 Å². The van der Waals surface area contributed by atoms with Gasteiger partial charge in [-0.3, -0.25) is 0 Å². The molecule has 0 N–H and O–H groups in total. The molecule has 2 aromatic carbocycles. The van der Waals surface area contributed by atoms with Crippen molar-refractivity contribution in [2.45, 2.75) is 6.18 Å². The summed E-state index contributed by atoms with van der Waals surface area (Å²) in [6.07, 6.45) is -2.87. The molecule has 0 atom stereocenters. The molecule has 0 saturated heterocycles. The number of halogens is 3. The van der Waals surface area contributed by atoms with Crippen LogP contribution in [0.2, 0.25) is 0 Å². The summed E-state index contributed by atoms with van der Waals surface area (Å²) < 4.78 is 44.2. The van der Waals surface area contributed by atoms with Crippen LogP contribution in [0.4, 0.5) is 13.2 Å². The van der Waals surface area contributed by atoms with Crippen molar-refractivity contribution in [2.75, 3.05) is 7.11 Å². The van der Waals surface area contributed by atoms with Crippen LogP contribution in [0.25, 0.3) is 17.2 Å². The number of rotatable bonds is 3. The van der Waals surface area contributed by atoms with Gasteiger partial charge in [0.2, 0.25) is 0 Å². The molecule has 0 radical (unpaired) electrons. The van der Waals surface area contributed by atoms with Gasteiger partial charge in [0.1, 0.15) is 5.75 Å². The summed E-state index contributed by atoms with van der Waals surface area (Å²) in [4.78, 5) is 0. The minimum absolute atomic E-state index is 0.137. The zero-order valence-corrected chi connectivity index (χ0v) is 10.9. The Kier molecular flexibility index (Phi) is 3.84. The number of benzene rings is 2. The Morgan fingerprint density at radius 1 is 1.05 bits per heavy atom. The van der Waals surface area contributed by atoms with Crippen LogP contribution in [0.3, 0.4) is 0 Å². The monoisotopic (exact) mass is 278 g/mol. The highest BCUT2D eigenvalue weighted by Crippen LogP contribution is 2.38. The second-order valence-corrected chi connectivity index (χ2v) is 4.24. The number of methoxy groups -OCH3 is 1. The number of alkyl halides is 3. The lowest BCUT2D eigenvalue weighted by Gasteiger charge is -2.14. The largest absolute Gasteiger partial charge is 0.497 e. The SMILES string of the molecule is C=Cc1ccc(C(F)(F)F)c(-c2ccc(OC)cc2)c1. The lowest BCUT2D eigenvalue weighted by molar-refractivity contribution is -0.137. The van der Waals surface area contributed by atoms with Gasteiger partial charge in [-0.05, 0) is 41.0 Å². The number of hydrogen-bond donors (Lipinski definition) is 0. The van der Waals surface area contributed by atoms with Crippen molar-refractivity contribution in [3.05, 3.63) is 60.2 Å². The first-order valence-corrected chi connectivity index (χ1v) is 5.94. The maximum atomic E-state index is 13.1. The molecule has 0 amide bonds. The lowest BCUT2D eigenvalue weighted by Crippen LogP contribution is -2.07. The van der Waals surface area contributed by atoms with Gasteiger partial charge in [-0.1, -0.05) is 30.9 Å². The van der Waals surface area contributed by atoms with E-state index in [0.717, 1.165) is 6.07 Å². The fraction of sp³-hybridized carbons (Fsp3) is 0.125. The zero-order chi connectivity index (χ0) is 14.8. The van der Waals surface area contributed by atoms with Gasteiger partial charge >= 0.3 is 6.18 Å². The van der Waals surface area contributed by atoms with Crippen molar-refractivity contribution in [1.29, 1.82) is 0 Å². The fourth-order valence-electron chi connectivity index (χ4n) is 1.95. The molecule has 0 aliphatic carbocycles. The third kappa shape index (κ3) is 2.85. The fourth-order valence-corrected chi connectivity index (χ4v) is 1.95. The minimum atomic E-state index is -4.39. The van der Waals surface area contributed by atoms with Gasteiger partial charge in [0.05, 0.1) is 12.7 Å². The van der Waals surface area contributed by atoms with E-state index in [-0.39, 0.29) is 5.56 Å². The second kappa shape index (κ2) is 5.41. The van der Waals surface area contributed by atoms with Crippen molar-refractivity contribution in [3.63, 3.8) is 0 Å². The molecule has 0 fully saturated rings. The van der Waals surface area contributed by atoms with Crippen LogP contribution < -0.4 is 4.74 Å². The van der Waals surface area contributed by atoms with Gasteiger partial charge in [-0.2, -0.15) is 13.2 Å². The second-order valence-electron chi connectivity index (χ2n) is 4.24. The molecule has 0 bridgehead atoms. The molecule has 2 aromatic rings. The van der Waals surface area contributed by atoms with Crippen molar-refractivity contribution in [2.24, 2.45) is 0 Å². The number of ether oxygens (including phenoxy) is 1. The van der Waals surface area contributed by atoms with Crippen LogP contribution in [-0.2, 0) is 6.18 Å². The molecule has 4 heteroatoms. The van der Waals surface area contributed by atoms with Crippen LogP contribution in [-0.4, -0.2) is 7.11 Å². The van der Waals surface area contributed by atoms with Crippen LogP contribution in [0, 0.1) is 0 Å². The van der Waals surface area contributed by atoms with Crippen molar-refractivity contribution < 1.29 is 17.9 Å². The molecule has 2 rings (SSSR count). The molecule has 0 spiro atoms. The van der Waals surface area contributed by atoms with Crippen LogP contribution >= 0.6 is 0 Å². The van der Waals surface area contributed by atoms with Crippen molar-refractivity contribution in [1.82, 2.24) is 0 Å². The van der Waals surface area contributed by atoms with E-state index in [2.05, 4.69) is 6.58 Å². The molecule has 20 heavy (non-hydrogen) atoms. The molecule has 0 saturated carbocycles. The van der Waals surface area contributed by atoms with Gasteiger partial charge < -0.3 is 4.74 Å². The zero-order valence-electron chi connectivity index (χ0n) is 10.9. The number of hydrogen-bond acceptors (Lipinski definition) is 1. The topological polar surface area (TPSA) is 9.23 Å². The molecule has 104 valence electrons. The van der Waals surface area contributed by atoms with E-state index in [4.69, 9.17) is 4.74 Å². The van der Waals surface area contributed by atoms with E-state index in [1.165, 1.54) is 25.3 Å². The van der Waals surface area contributed by atoms with Crippen LogP contribution in [0.5, 0.6) is 5.75 Å². The highest BCUT2D eigenvalue weighted by atomic mass is 19.4. The van der Waals surface area contributed by atoms with Crippen LogP contribution in [0.1, 0.15) is 11.1 Å². The normalized spacial score (nSPS) is 11.2. The first kappa shape index (κ1) is 14.2. The molecular weight excluding hydrogens is 265 g/mol. The molecule has 0 unspecified atom stereocenters. The smallest absolute Gasteiger partial charge is 0.417 e. The standard InChI is InChI=1S/C16H13F3O/c1-3-11-4-9-15(16(17,18)19)14(10-11)12-5-7-13(20-2)8-6-12/h3-10H,1H2,2H3. The third-order valence-corrected chi connectivity index (χ3v) is 2.99. The first-order valence-electron chi connectivity index (χ1n) is 5.94. The predicted molar refractivity (Wildman–Crippen MR) is 73.5 cm³/mol. The summed E-state index contributed by atoms with van der Waals surface area (Å²) in [5.41, 5.74) is 0.608. The van der Waals surface area contributed by atoms with E-state index in [1.807, 2.05) is 0 Å². The molecule has 0 aliphatic rings. The summed E-state index contributed by atoms with van der Waals surface area (Å²) >= 11 is 0. The Balaban J connectivity index is 2.59. The Morgan fingerprint density at radius 2 is 1.70 bits per heavy atom. The predicted octanol–water partition coefficient (Wildman–Crippen LogP) is 5.02. The van der Waals surface area contributed by atoms with Gasteiger partial charge in [0, 0.05) is 0 Å². The summed E-state index contributed by atoms with van der Waals surface area (Å²) in [7, 11) is 1.51. The summed E-state index contributed by atoms with van der Waals surface area (Å²) in [5, 5.41) is 0. The van der Waals surface area contributed by atoms with Crippen LogP contribution in [0.15, 0.2) is 49.0 Å². The minimum Gasteiger partial charge on any atom is -0.497 e. The maximum absolute atomic E-state index is 13.1. The Labute approximate surface area is 115 Å². The Hall–Kier alpha value is -2.23. The quantitative estimate of drug-likeness (QED) is 0.765. The molecule has 0 aliphatic heterocycles. The van der Waals surface area contributed by atoms with Gasteiger partial charge in [0.25, 0.3) is 0 Å². The van der Waals surface area contributed by atoms with E-state index < -0.39 is 11.7 Å². The molecule has 1 nitrogen and oxygen atoms in total. The molecule has 0 aromatic heterocycles. The summed E-state index contributed by atoms with van der Waals surface area (Å²) in [6.45, 7) is 3.58. The Morgan fingerprint density at radius 3 is 2.20 bits per heavy atom. The average molecular weight is 278 g/mol. The average Bonchev–Trinajstić information content (AvgIpc) is 2.45. The maximum Gasteiger partial charge on any atom is 0.417 e. The van der Waals surface area contributed by atoms with Crippen molar-refractivity contribution >= 4 is 6.08 Å². The highest BCUT2D eigenvalue weighted by Gasteiger charge is 2.33. The lowest BCUT2D eigenvalue weighted by atomic mass is 9.97. The molecule has 0 heterocycles. The Bertz CT molecular complexity index is 613. The van der Waals surface area contributed by atoms with Gasteiger partial charge in [-0.15, -0.1) is 0 Å². The van der Waals surface area contributed by atoms with E-state index in [1.54, 1.807) is 24.3 Å². The summed E-state index contributed by atoms with van der Waals surface area (Å²) in [5.74, 6) is 0.599. The van der Waals surface area contributed by atoms with E-state index in [9.17, 15) is 13.2 Å².